The molecule has 1 aliphatic heterocycles. The van der Waals surface area contributed by atoms with E-state index in [2.05, 4.69) is 16.4 Å². The molecule has 0 bridgehead atoms. The van der Waals surface area contributed by atoms with E-state index in [1.54, 1.807) is 18.3 Å². The molecule has 0 aliphatic carbocycles. The van der Waals surface area contributed by atoms with E-state index < -0.39 is 6.29 Å². The number of amidine groups is 1. The fourth-order valence-electron chi connectivity index (χ4n) is 2.06. The molecule has 22 heavy (non-hydrogen) atoms. The van der Waals surface area contributed by atoms with Gasteiger partial charge in [0.05, 0.1) is 12.7 Å². The third kappa shape index (κ3) is 3.13. The molecule has 1 unspecified atom stereocenters. The molecule has 7 nitrogen and oxygen atoms in total. The Bertz CT molecular complexity index is 673. The average Bonchev–Trinajstić information content (AvgIpc) is 2.49. The number of hydrogen-bond acceptors (Lipinski definition) is 7. The lowest BCUT2D eigenvalue weighted by Gasteiger charge is -2.21. The Morgan fingerprint density at radius 3 is 2.64 bits per heavy atom. The molecule has 0 fully saturated rings. The van der Waals surface area contributed by atoms with Crippen molar-refractivity contribution in [3.63, 3.8) is 0 Å². The van der Waals surface area contributed by atoms with E-state index >= 15 is 0 Å². The molecule has 0 amide bonds. The van der Waals surface area contributed by atoms with Crippen LogP contribution in [0.3, 0.4) is 0 Å². The van der Waals surface area contributed by atoms with Crippen LogP contribution < -0.4 is 26.3 Å². The van der Waals surface area contributed by atoms with Crippen molar-refractivity contribution in [3.8, 4) is 17.6 Å². The van der Waals surface area contributed by atoms with Gasteiger partial charge in [-0.3, -0.25) is 5.73 Å². The maximum atomic E-state index is 9.22. The first-order valence-corrected chi connectivity index (χ1v) is 6.81. The van der Waals surface area contributed by atoms with Crippen LogP contribution >= 0.6 is 0 Å². The van der Waals surface area contributed by atoms with Gasteiger partial charge in [-0.1, -0.05) is 13.8 Å². The first-order valence-electron chi connectivity index (χ1n) is 6.81. The largest absolute Gasteiger partial charge is 0.495 e. The van der Waals surface area contributed by atoms with Crippen molar-refractivity contribution in [2.75, 3.05) is 7.11 Å². The maximum absolute atomic E-state index is 9.22. The minimum atomic E-state index is -0.581. The van der Waals surface area contributed by atoms with E-state index in [0.717, 1.165) is 5.56 Å². The summed E-state index contributed by atoms with van der Waals surface area (Å²) in [6.07, 6.45) is 0.982. The number of nitrogens with one attached hydrogen (secondary N) is 1. The van der Waals surface area contributed by atoms with Crippen molar-refractivity contribution in [2.45, 2.75) is 26.1 Å². The van der Waals surface area contributed by atoms with Crippen LogP contribution in [0.2, 0.25) is 0 Å². The normalized spacial score (nSPS) is 17.2. The molecular weight excluding hydrogens is 282 g/mol. The van der Waals surface area contributed by atoms with Gasteiger partial charge in [0, 0.05) is 17.8 Å². The van der Waals surface area contributed by atoms with Crippen LogP contribution in [0.15, 0.2) is 29.1 Å². The Balaban J connectivity index is 2.42. The summed E-state index contributed by atoms with van der Waals surface area (Å²) in [4.78, 5) is 3.99. The summed E-state index contributed by atoms with van der Waals surface area (Å²) in [5, 5.41) is 12.0. The number of nitrogens with zero attached hydrogens (tertiary/aromatic N) is 2. The molecule has 0 saturated carbocycles. The molecule has 2 rings (SSSR count). The van der Waals surface area contributed by atoms with Crippen LogP contribution in [0.25, 0.3) is 0 Å². The highest BCUT2D eigenvalue weighted by atomic mass is 16.5. The third-order valence-corrected chi connectivity index (χ3v) is 3.21. The van der Waals surface area contributed by atoms with Crippen LogP contribution in [0.1, 0.15) is 30.9 Å². The van der Waals surface area contributed by atoms with Gasteiger partial charge in [-0.2, -0.15) is 5.26 Å². The van der Waals surface area contributed by atoms with Gasteiger partial charge >= 0.3 is 0 Å². The van der Waals surface area contributed by atoms with Gasteiger partial charge in [-0.05, 0) is 12.0 Å². The number of aliphatic imine (C=N–C) groups is 1. The molecular formula is C15H19N5O2. The molecule has 1 aromatic carbocycles. The Labute approximate surface area is 129 Å². The van der Waals surface area contributed by atoms with E-state index in [1.165, 1.54) is 7.11 Å². The number of ether oxygens (including phenoxy) is 2. The monoisotopic (exact) mass is 301 g/mol. The summed E-state index contributed by atoms with van der Waals surface area (Å²) in [5.74, 6) is 1.79. The summed E-state index contributed by atoms with van der Waals surface area (Å²) in [6, 6.07) is 5.52. The number of methoxy groups -OCH3 is 1. The number of nitrogens with two attached hydrogens (primary N) is 2. The summed E-state index contributed by atoms with van der Waals surface area (Å²) >= 11 is 0. The molecule has 0 radical (unpaired) electrons. The Morgan fingerprint density at radius 2 is 2.09 bits per heavy atom. The summed E-state index contributed by atoms with van der Waals surface area (Å²) < 4.78 is 11.1. The molecule has 1 atom stereocenters. The maximum Gasteiger partial charge on any atom is 0.184 e. The van der Waals surface area contributed by atoms with Crippen LogP contribution in [-0.4, -0.2) is 19.2 Å². The van der Waals surface area contributed by atoms with Gasteiger partial charge in [0.2, 0.25) is 0 Å². The zero-order valence-electron chi connectivity index (χ0n) is 12.8. The van der Waals surface area contributed by atoms with E-state index in [9.17, 15) is 5.26 Å². The van der Waals surface area contributed by atoms with Gasteiger partial charge in [-0.25, -0.2) is 4.99 Å². The lowest BCUT2D eigenvalue weighted by atomic mass is 9.99. The molecule has 1 aliphatic rings. The van der Waals surface area contributed by atoms with Gasteiger partial charge in [0.25, 0.3) is 0 Å². The molecule has 1 aromatic rings. The van der Waals surface area contributed by atoms with Crippen molar-refractivity contribution in [2.24, 2.45) is 16.5 Å². The number of hydrogen-bond donors (Lipinski definition) is 3. The van der Waals surface area contributed by atoms with Crippen LogP contribution in [0.5, 0.6) is 11.5 Å². The van der Waals surface area contributed by atoms with Crippen LogP contribution in [-0.2, 0) is 0 Å². The van der Waals surface area contributed by atoms with Gasteiger partial charge in [-0.15, -0.1) is 0 Å². The summed E-state index contributed by atoms with van der Waals surface area (Å²) in [5.41, 5.74) is 12.7. The Kier molecular flexibility index (Phi) is 4.53. The molecule has 116 valence electrons. The smallest absolute Gasteiger partial charge is 0.184 e. The fourth-order valence-corrected chi connectivity index (χ4v) is 2.06. The lowest BCUT2D eigenvalue weighted by molar-refractivity contribution is 0.405. The fraction of sp³-hybridized carbons (Fsp3) is 0.333. The highest BCUT2D eigenvalue weighted by molar-refractivity contribution is 5.96. The Morgan fingerprint density at radius 1 is 1.36 bits per heavy atom. The van der Waals surface area contributed by atoms with Gasteiger partial charge in [0.1, 0.15) is 17.6 Å². The summed E-state index contributed by atoms with van der Waals surface area (Å²) in [7, 11) is 1.53. The second-order valence-corrected chi connectivity index (χ2v) is 5.09. The van der Waals surface area contributed by atoms with Crippen molar-refractivity contribution in [3.05, 3.63) is 35.2 Å². The van der Waals surface area contributed by atoms with E-state index in [0.29, 0.717) is 22.8 Å². The van der Waals surface area contributed by atoms with E-state index in [4.69, 9.17) is 20.9 Å². The minimum absolute atomic E-state index is 0.175. The second-order valence-electron chi connectivity index (χ2n) is 5.09. The lowest BCUT2D eigenvalue weighted by Crippen LogP contribution is -2.40. The van der Waals surface area contributed by atoms with Gasteiger partial charge in [0.15, 0.2) is 17.9 Å². The number of nitriles is 1. The molecule has 0 spiro atoms. The third-order valence-electron chi connectivity index (χ3n) is 3.21. The standard InChI is InChI=1S/C15H19N5O2/c1-8(2)10-5-11(21-3)9(6-16)4-12(10)22-13-7-19-15(18)20-14(13)17/h4-5,7-8,15,19H,18H2,1-3H3,(H2,17,20). The predicted octanol–water partition coefficient (Wildman–Crippen LogP) is 1.11. The Hall–Kier alpha value is -2.72. The average molecular weight is 301 g/mol. The quantitative estimate of drug-likeness (QED) is 0.766. The minimum Gasteiger partial charge on any atom is -0.495 e. The summed E-state index contributed by atoms with van der Waals surface area (Å²) in [6.45, 7) is 4.04. The van der Waals surface area contributed by atoms with Crippen LogP contribution in [0, 0.1) is 11.3 Å². The first kappa shape index (κ1) is 15.7. The van der Waals surface area contributed by atoms with Crippen molar-refractivity contribution in [1.29, 1.82) is 5.26 Å². The molecule has 5 N–H and O–H groups in total. The van der Waals surface area contributed by atoms with E-state index in [1.807, 2.05) is 13.8 Å². The van der Waals surface area contributed by atoms with Gasteiger partial charge < -0.3 is 20.5 Å². The highest BCUT2D eigenvalue weighted by Crippen LogP contribution is 2.34. The molecule has 0 aromatic heterocycles. The predicted molar refractivity (Wildman–Crippen MR) is 83.2 cm³/mol. The van der Waals surface area contributed by atoms with Crippen LogP contribution in [0.4, 0.5) is 0 Å². The van der Waals surface area contributed by atoms with Crippen molar-refractivity contribution >= 4 is 5.84 Å². The second kappa shape index (κ2) is 6.37. The zero-order chi connectivity index (χ0) is 16.3. The topological polar surface area (TPSA) is 119 Å². The number of rotatable bonds is 4. The van der Waals surface area contributed by atoms with E-state index in [-0.39, 0.29) is 11.8 Å². The highest BCUT2D eigenvalue weighted by Gasteiger charge is 2.19. The molecule has 7 heteroatoms. The first-order chi connectivity index (χ1) is 10.5. The number of benzene rings is 1. The zero-order valence-corrected chi connectivity index (χ0v) is 12.8. The SMILES string of the molecule is COc1cc(C(C)C)c(OC2=CNC(N)N=C2N)cc1C#N. The molecule has 0 saturated heterocycles. The molecule has 1 heterocycles. The van der Waals surface area contributed by atoms with Crippen molar-refractivity contribution in [1.82, 2.24) is 5.32 Å². The van der Waals surface area contributed by atoms with Crippen molar-refractivity contribution < 1.29 is 9.47 Å².